The number of ether oxygens (including phenoxy) is 1. The Morgan fingerprint density at radius 1 is 1.08 bits per heavy atom. The number of hydrogen-bond acceptors (Lipinski definition) is 4. The van der Waals surface area contributed by atoms with Crippen molar-refractivity contribution < 1.29 is 14.3 Å². The van der Waals surface area contributed by atoms with Crippen molar-refractivity contribution >= 4 is 11.8 Å². The second-order valence-electron chi connectivity index (χ2n) is 5.64. The minimum Gasteiger partial charge on any atom is -0.497 e. The van der Waals surface area contributed by atoms with Gasteiger partial charge in [-0.2, -0.15) is 0 Å². The van der Waals surface area contributed by atoms with Gasteiger partial charge in [0.25, 0.3) is 0 Å². The third-order valence-electron chi connectivity index (χ3n) is 3.75. The number of aromatic nitrogens is 1. The zero-order valence-corrected chi connectivity index (χ0v) is 14.5. The van der Waals surface area contributed by atoms with Crippen molar-refractivity contribution in [3.8, 4) is 5.75 Å². The van der Waals surface area contributed by atoms with E-state index in [2.05, 4.69) is 15.6 Å². The maximum absolute atomic E-state index is 12.3. The monoisotopic (exact) mass is 341 g/mol. The number of benzene rings is 1. The van der Waals surface area contributed by atoms with Gasteiger partial charge in [-0.05, 0) is 41.8 Å². The van der Waals surface area contributed by atoms with E-state index in [1.807, 2.05) is 36.4 Å². The summed E-state index contributed by atoms with van der Waals surface area (Å²) in [5.41, 5.74) is 1.91. The van der Waals surface area contributed by atoms with Crippen LogP contribution < -0.4 is 15.4 Å². The van der Waals surface area contributed by atoms with Crippen LogP contribution in [-0.4, -0.2) is 30.5 Å². The molecule has 132 valence electrons. The van der Waals surface area contributed by atoms with Gasteiger partial charge < -0.3 is 15.4 Å². The summed E-state index contributed by atoms with van der Waals surface area (Å²) in [7, 11) is 1.62. The fourth-order valence-electron chi connectivity index (χ4n) is 2.46. The molecule has 2 rings (SSSR count). The first-order valence-corrected chi connectivity index (χ1v) is 8.18. The van der Waals surface area contributed by atoms with Gasteiger partial charge in [-0.15, -0.1) is 0 Å². The minimum absolute atomic E-state index is 0.0667. The lowest BCUT2D eigenvalue weighted by molar-refractivity contribution is -0.122. The van der Waals surface area contributed by atoms with Crippen LogP contribution in [0.4, 0.5) is 0 Å². The number of amides is 2. The Balaban J connectivity index is 2.07. The first kappa shape index (κ1) is 18.4. The first-order chi connectivity index (χ1) is 12.1. The standard InChI is InChI=1S/C19H23N3O3/c1-14(23)21-11-3-4-18(24)22-19(16-9-12-20-13-10-16)15-5-7-17(25-2)8-6-15/h5-10,12-13,19H,3-4,11H2,1-2H3,(H,21,23)(H,22,24). The summed E-state index contributed by atoms with van der Waals surface area (Å²) in [6, 6.07) is 11.1. The summed E-state index contributed by atoms with van der Waals surface area (Å²) in [5.74, 6) is 0.607. The number of methoxy groups -OCH3 is 1. The largest absolute Gasteiger partial charge is 0.497 e. The highest BCUT2D eigenvalue weighted by atomic mass is 16.5. The van der Waals surface area contributed by atoms with E-state index in [1.54, 1.807) is 19.5 Å². The molecule has 25 heavy (non-hydrogen) atoms. The zero-order chi connectivity index (χ0) is 18.1. The number of carbonyl (C=O) groups excluding carboxylic acids is 2. The molecule has 0 spiro atoms. The number of carbonyl (C=O) groups is 2. The van der Waals surface area contributed by atoms with Gasteiger partial charge in [0.15, 0.2) is 0 Å². The Bertz CT molecular complexity index is 687. The molecule has 0 aliphatic rings. The molecule has 0 aliphatic carbocycles. The van der Waals surface area contributed by atoms with Gasteiger partial charge in [-0.25, -0.2) is 0 Å². The van der Waals surface area contributed by atoms with E-state index in [-0.39, 0.29) is 17.9 Å². The third kappa shape index (κ3) is 5.91. The Hall–Kier alpha value is -2.89. The molecular formula is C19H23N3O3. The molecule has 6 nitrogen and oxygen atoms in total. The summed E-state index contributed by atoms with van der Waals surface area (Å²) in [5, 5.41) is 5.74. The number of pyridine rings is 1. The number of hydrogen-bond donors (Lipinski definition) is 2. The van der Waals surface area contributed by atoms with Gasteiger partial charge in [-0.1, -0.05) is 12.1 Å². The van der Waals surface area contributed by atoms with Crippen LogP contribution in [0.1, 0.15) is 36.9 Å². The molecule has 0 bridgehead atoms. The Labute approximate surface area is 147 Å². The fourth-order valence-corrected chi connectivity index (χ4v) is 2.46. The van der Waals surface area contributed by atoms with Gasteiger partial charge >= 0.3 is 0 Å². The summed E-state index contributed by atoms with van der Waals surface area (Å²) < 4.78 is 5.19. The Morgan fingerprint density at radius 3 is 2.32 bits per heavy atom. The highest BCUT2D eigenvalue weighted by Gasteiger charge is 2.16. The SMILES string of the molecule is COc1ccc(C(NC(=O)CCCNC(C)=O)c2ccncc2)cc1. The molecule has 1 heterocycles. The molecule has 0 aliphatic heterocycles. The predicted octanol–water partition coefficient (Wildman–Crippen LogP) is 2.21. The van der Waals surface area contributed by atoms with Crippen molar-refractivity contribution in [3.63, 3.8) is 0 Å². The lowest BCUT2D eigenvalue weighted by Crippen LogP contribution is -2.30. The van der Waals surface area contributed by atoms with Crippen molar-refractivity contribution in [1.82, 2.24) is 15.6 Å². The van der Waals surface area contributed by atoms with Crippen LogP contribution >= 0.6 is 0 Å². The lowest BCUT2D eigenvalue weighted by Gasteiger charge is -2.20. The summed E-state index contributed by atoms with van der Waals surface area (Å²) in [6.07, 6.45) is 4.35. The number of nitrogens with one attached hydrogen (secondary N) is 2. The van der Waals surface area contributed by atoms with Crippen LogP contribution in [0, 0.1) is 0 Å². The number of nitrogens with zero attached hydrogens (tertiary/aromatic N) is 1. The van der Waals surface area contributed by atoms with Gasteiger partial charge in [0, 0.05) is 32.3 Å². The molecule has 0 saturated carbocycles. The molecule has 2 aromatic rings. The van der Waals surface area contributed by atoms with Crippen molar-refractivity contribution in [2.24, 2.45) is 0 Å². The molecule has 0 radical (unpaired) electrons. The van der Waals surface area contributed by atoms with Crippen LogP contribution in [0.5, 0.6) is 5.75 Å². The second-order valence-corrected chi connectivity index (χ2v) is 5.64. The van der Waals surface area contributed by atoms with Gasteiger partial charge in [-0.3, -0.25) is 14.6 Å². The summed E-state index contributed by atoms with van der Waals surface area (Å²) in [6.45, 7) is 1.95. The quantitative estimate of drug-likeness (QED) is 0.722. The Kier molecular flexibility index (Phi) is 6.95. The fraction of sp³-hybridized carbons (Fsp3) is 0.316. The van der Waals surface area contributed by atoms with E-state index in [4.69, 9.17) is 4.74 Å². The molecule has 0 saturated heterocycles. The van der Waals surface area contributed by atoms with Crippen molar-refractivity contribution in [2.45, 2.75) is 25.8 Å². The highest BCUT2D eigenvalue weighted by molar-refractivity contribution is 5.77. The van der Waals surface area contributed by atoms with Crippen LogP contribution in [0.3, 0.4) is 0 Å². The molecule has 1 unspecified atom stereocenters. The van der Waals surface area contributed by atoms with Crippen LogP contribution in [-0.2, 0) is 9.59 Å². The summed E-state index contributed by atoms with van der Waals surface area (Å²) in [4.78, 5) is 27.2. The van der Waals surface area contributed by atoms with Crippen molar-refractivity contribution in [2.75, 3.05) is 13.7 Å². The van der Waals surface area contributed by atoms with E-state index in [9.17, 15) is 9.59 Å². The molecule has 1 aromatic carbocycles. The molecule has 0 fully saturated rings. The van der Waals surface area contributed by atoms with Crippen molar-refractivity contribution in [3.05, 3.63) is 59.9 Å². The van der Waals surface area contributed by atoms with Gasteiger partial charge in [0.1, 0.15) is 5.75 Å². The molecule has 2 N–H and O–H groups in total. The van der Waals surface area contributed by atoms with E-state index in [0.717, 1.165) is 16.9 Å². The maximum Gasteiger partial charge on any atom is 0.220 e. The topological polar surface area (TPSA) is 80.3 Å². The number of rotatable bonds is 8. The van der Waals surface area contributed by atoms with Crippen LogP contribution in [0.25, 0.3) is 0 Å². The molecule has 1 aromatic heterocycles. The lowest BCUT2D eigenvalue weighted by atomic mass is 9.99. The molecular weight excluding hydrogens is 318 g/mol. The van der Waals surface area contributed by atoms with E-state index in [1.165, 1.54) is 6.92 Å². The zero-order valence-electron chi connectivity index (χ0n) is 14.5. The van der Waals surface area contributed by atoms with Crippen molar-refractivity contribution in [1.29, 1.82) is 0 Å². The molecule has 6 heteroatoms. The smallest absolute Gasteiger partial charge is 0.220 e. The van der Waals surface area contributed by atoms with Gasteiger partial charge in [0.05, 0.1) is 13.2 Å². The Morgan fingerprint density at radius 2 is 1.72 bits per heavy atom. The van der Waals surface area contributed by atoms with E-state index < -0.39 is 0 Å². The molecule has 2 amide bonds. The minimum atomic E-state index is -0.262. The highest BCUT2D eigenvalue weighted by Crippen LogP contribution is 2.24. The average molecular weight is 341 g/mol. The maximum atomic E-state index is 12.3. The normalized spacial score (nSPS) is 11.4. The second kappa shape index (κ2) is 9.42. The predicted molar refractivity (Wildman–Crippen MR) is 95.1 cm³/mol. The molecule has 1 atom stereocenters. The average Bonchev–Trinajstić information content (AvgIpc) is 2.64. The van der Waals surface area contributed by atoms with Crippen LogP contribution in [0.2, 0.25) is 0 Å². The first-order valence-electron chi connectivity index (χ1n) is 8.18. The van der Waals surface area contributed by atoms with Gasteiger partial charge in [0.2, 0.25) is 11.8 Å². The van der Waals surface area contributed by atoms with E-state index in [0.29, 0.717) is 19.4 Å². The van der Waals surface area contributed by atoms with Crippen LogP contribution in [0.15, 0.2) is 48.8 Å². The summed E-state index contributed by atoms with van der Waals surface area (Å²) >= 11 is 0. The third-order valence-corrected chi connectivity index (χ3v) is 3.75. The van der Waals surface area contributed by atoms with E-state index >= 15 is 0 Å².